The normalized spacial score (nSPS) is 31.1. The van der Waals surface area contributed by atoms with E-state index < -0.39 is 12.4 Å². The average Bonchev–Trinajstić information content (AvgIpc) is 2.53. The Labute approximate surface area is 137 Å². The van der Waals surface area contributed by atoms with E-state index in [0.29, 0.717) is 26.2 Å². The quantitative estimate of drug-likeness (QED) is 0.418. The highest BCUT2D eigenvalue weighted by atomic mass is 16.7. The minimum absolute atomic E-state index is 0.301. The molecular formula is C15H28O8. The average molecular weight is 336 g/mol. The summed E-state index contributed by atoms with van der Waals surface area (Å²) in [4.78, 5) is 10.7. The van der Waals surface area contributed by atoms with Crippen molar-refractivity contribution in [2.45, 2.75) is 44.1 Å². The number of methoxy groups -OCH3 is 4. The van der Waals surface area contributed by atoms with Crippen molar-refractivity contribution in [2.75, 3.05) is 48.3 Å². The van der Waals surface area contributed by atoms with E-state index >= 15 is 0 Å². The van der Waals surface area contributed by atoms with E-state index in [1.54, 1.807) is 28.4 Å². The molecule has 0 N–H and O–H groups in total. The number of carbonyl (C=O) groups excluding carboxylic acids is 1. The first kappa shape index (κ1) is 20.3. The van der Waals surface area contributed by atoms with Crippen molar-refractivity contribution in [3.05, 3.63) is 0 Å². The largest absolute Gasteiger partial charge is 0.466 e. The van der Waals surface area contributed by atoms with Gasteiger partial charge in [-0.1, -0.05) is 0 Å². The Hall–Kier alpha value is -0.770. The molecule has 0 aliphatic carbocycles. The van der Waals surface area contributed by atoms with Gasteiger partial charge in [-0.3, -0.25) is 4.79 Å². The van der Waals surface area contributed by atoms with Gasteiger partial charge >= 0.3 is 5.97 Å². The van der Waals surface area contributed by atoms with Crippen molar-refractivity contribution in [3.8, 4) is 0 Å². The van der Waals surface area contributed by atoms with Crippen LogP contribution in [-0.4, -0.2) is 84.9 Å². The van der Waals surface area contributed by atoms with Gasteiger partial charge in [-0.05, 0) is 0 Å². The number of esters is 1. The summed E-state index contributed by atoms with van der Waals surface area (Å²) in [6, 6.07) is 0. The molecule has 0 amide bonds. The molecule has 0 radical (unpaired) electrons. The fourth-order valence-corrected chi connectivity index (χ4v) is 2.59. The van der Waals surface area contributed by atoms with Crippen molar-refractivity contribution in [2.24, 2.45) is 0 Å². The SMILES string of the molecule is COC[C@H]1O[C@H](OCCCOC(C)=O)[C@@H](OC)[C@@H](OC)[C@@H]1OC. The van der Waals surface area contributed by atoms with E-state index in [1.165, 1.54) is 6.92 Å². The number of ether oxygens (including phenoxy) is 7. The van der Waals surface area contributed by atoms with Crippen LogP contribution in [0.5, 0.6) is 0 Å². The molecule has 0 aromatic carbocycles. The van der Waals surface area contributed by atoms with Crippen LogP contribution in [0.15, 0.2) is 0 Å². The first-order valence-corrected chi connectivity index (χ1v) is 7.56. The van der Waals surface area contributed by atoms with Crippen molar-refractivity contribution in [3.63, 3.8) is 0 Å². The summed E-state index contributed by atoms with van der Waals surface area (Å²) in [5, 5.41) is 0. The van der Waals surface area contributed by atoms with Crippen LogP contribution in [0.25, 0.3) is 0 Å². The highest BCUT2D eigenvalue weighted by Crippen LogP contribution is 2.28. The molecule has 1 fully saturated rings. The van der Waals surface area contributed by atoms with Crippen LogP contribution < -0.4 is 0 Å². The summed E-state index contributed by atoms with van der Waals surface area (Å²) < 4.78 is 38.2. The molecule has 23 heavy (non-hydrogen) atoms. The van der Waals surface area contributed by atoms with Crippen LogP contribution in [0.1, 0.15) is 13.3 Å². The maximum atomic E-state index is 10.7. The molecule has 136 valence electrons. The van der Waals surface area contributed by atoms with E-state index in [0.717, 1.165) is 0 Å². The highest BCUT2D eigenvalue weighted by Gasteiger charge is 2.47. The Kier molecular flexibility index (Phi) is 9.61. The molecule has 1 rings (SSSR count). The van der Waals surface area contributed by atoms with Crippen LogP contribution >= 0.6 is 0 Å². The second kappa shape index (κ2) is 10.9. The topological polar surface area (TPSA) is 81.7 Å². The molecule has 8 nitrogen and oxygen atoms in total. The van der Waals surface area contributed by atoms with Crippen molar-refractivity contribution in [1.29, 1.82) is 0 Å². The third kappa shape index (κ3) is 5.98. The Morgan fingerprint density at radius 3 is 2.13 bits per heavy atom. The van der Waals surface area contributed by atoms with Gasteiger partial charge in [0.25, 0.3) is 0 Å². The predicted molar refractivity (Wildman–Crippen MR) is 80.1 cm³/mol. The van der Waals surface area contributed by atoms with E-state index in [9.17, 15) is 4.79 Å². The Balaban J connectivity index is 2.62. The lowest BCUT2D eigenvalue weighted by molar-refractivity contribution is -0.313. The summed E-state index contributed by atoms with van der Waals surface area (Å²) in [5.74, 6) is -0.309. The smallest absolute Gasteiger partial charge is 0.302 e. The van der Waals surface area contributed by atoms with Crippen molar-refractivity contribution < 1.29 is 38.0 Å². The molecule has 5 atom stereocenters. The molecule has 1 saturated heterocycles. The first-order valence-electron chi connectivity index (χ1n) is 7.56. The zero-order chi connectivity index (χ0) is 17.2. The summed E-state index contributed by atoms with van der Waals surface area (Å²) in [6.07, 6.45) is -1.50. The molecule has 1 heterocycles. The third-order valence-electron chi connectivity index (χ3n) is 3.61. The van der Waals surface area contributed by atoms with E-state index in [1.807, 2.05) is 0 Å². The third-order valence-corrected chi connectivity index (χ3v) is 3.61. The Bertz CT molecular complexity index is 337. The molecule has 1 aliphatic rings. The van der Waals surface area contributed by atoms with Gasteiger partial charge in [-0.15, -0.1) is 0 Å². The standard InChI is InChI=1S/C15H28O8/c1-10(16)21-7-6-8-22-15-14(20-5)13(19-4)12(18-3)11(23-15)9-17-2/h11-15H,6-9H2,1-5H3/t11-,12-,13+,14+,15+/m1/s1. The minimum atomic E-state index is -0.617. The molecule has 0 bridgehead atoms. The summed E-state index contributed by atoms with van der Waals surface area (Å²) >= 11 is 0. The lowest BCUT2D eigenvalue weighted by atomic mass is 9.98. The minimum Gasteiger partial charge on any atom is -0.466 e. The second-order valence-corrected chi connectivity index (χ2v) is 5.16. The Morgan fingerprint density at radius 1 is 0.957 bits per heavy atom. The van der Waals surface area contributed by atoms with Gasteiger partial charge in [-0.25, -0.2) is 0 Å². The van der Waals surface area contributed by atoms with Gasteiger partial charge in [0.2, 0.25) is 0 Å². The molecule has 1 aliphatic heterocycles. The highest BCUT2D eigenvalue weighted by molar-refractivity contribution is 5.65. The predicted octanol–water partition coefficient (Wildman–Crippen LogP) is 0.373. The second-order valence-electron chi connectivity index (χ2n) is 5.16. The molecule has 0 aromatic heterocycles. The van der Waals surface area contributed by atoms with E-state index in [2.05, 4.69) is 0 Å². The summed E-state index contributed by atoms with van der Waals surface area (Å²) in [7, 11) is 6.35. The number of rotatable bonds is 10. The molecule has 8 heteroatoms. The molecule has 0 spiro atoms. The summed E-state index contributed by atoms with van der Waals surface area (Å²) in [5.41, 5.74) is 0. The van der Waals surface area contributed by atoms with Crippen LogP contribution in [0.4, 0.5) is 0 Å². The van der Waals surface area contributed by atoms with Crippen LogP contribution in [0.2, 0.25) is 0 Å². The van der Waals surface area contributed by atoms with Crippen molar-refractivity contribution >= 4 is 5.97 Å². The lowest BCUT2D eigenvalue weighted by Crippen LogP contribution is -2.61. The number of hydrogen-bond acceptors (Lipinski definition) is 8. The fraction of sp³-hybridized carbons (Fsp3) is 0.933. The zero-order valence-electron chi connectivity index (χ0n) is 14.5. The monoisotopic (exact) mass is 336 g/mol. The molecular weight excluding hydrogens is 308 g/mol. The maximum Gasteiger partial charge on any atom is 0.302 e. The van der Waals surface area contributed by atoms with E-state index in [4.69, 9.17) is 33.2 Å². The number of hydrogen-bond donors (Lipinski definition) is 0. The van der Waals surface area contributed by atoms with Crippen LogP contribution in [0.3, 0.4) is 0 Å². The van der Waals surface area contributed by atoms with Crippen LogP contribution in [0, 0.1) is 0 Å². The summed E-state index contributed by atoms with van der Waals surface area (Å²) in [6.45, 7) is 2.39. The van der Waals surface area contributed by atoms with Gasteiger partial charge in [-0.2, -0.15) is 0 Å². The maximum absolute atomic E-state index is 10.7. The first-order chi connectivity index (χ1) is 11.1. The van der Waals surface area contributed by atoms with Gasteiger partial charge in [0.15, 0.2) is 6.29 Å². The van der Waals surface area contributed by atoms with Crippen LogP contribution in [-0.2, 0) is 38.0 Å². The molecule has 0 unspecified atom stereocenters. The van der Waals surface area contributed by atoms with E-state index in [-0.39, 0.29) is 24.3 Å². The van der Waals surface area contributed by atoms with Gasteiger partial charge in [0, 0.05) is 41.8 Å². The van der Waals surface area contributed by atoms with Gasteiger partial charge in [0.1, 0.15) is 24.4 Å². The molecule has 0 saturated carbocycles. The van der Waals surface area contributed by atoms with Gasteiger partial charge < -0.3 is 33.2 Å². The Morgan fingerprint density at radius 2 is 1.61 bits per heavy atom. The van der Waals surface area contributed by atoms with Gasteiger partial charge in [0.05, 0.1) is 19.8 Å². The molecule has 0 aromatic rings. The number of carbonyl (C=O) groups is 1. The lowest BCUT2D eigenvalue weighted by Gasteiger charge is -2.44. The van der Waals surface area contributed by atoms with Crippen molar-refractivity contribution in [1.82, 2.24) is 0 Å². The zero-order valence-corrected chi connectivity index (χ0v) is 14.5. The fourth-order valence-electron chi connectivity index (χ4n) is 2.59.